The highest BCUT2D eigenvalue weighted by Gasteiger charge is 2.23. The number of pyridine rings is 1. The first-order chi connectivity index (χ1) is 8.93. The van der Waals surface area contributed by atoms with E-state index in [2.05, 4.69) is 10.3 Å². The molecular formula is C14H21FN2O2. The molecule has 106 valence electrons. The van der Waals surface area contributed by atoms with Gasteiger partial charge in [0.25, 0.3) is 0 Å². The number of rotatable bonds is 6. The van der Waals surface area contributed by atoms with E-state index in [-0.39, 0.29) is 23.9 Å². The first-order valence-electron chi connectivity index (χ1n) is 6.39. The summed E-state index contributed by atoms with van der Waals surface area (Å²) >= 11 is 0. The lowest BCUT2D eigenvalue weighted by molar-refractivity contribution is -0.143. The van der Waals surface area contributed by atoms with Crippen LogP contribution >= 0.6 is 0 Å². The molecule has 0 aliphatic rings. The van der Waals surface area contributed by atoms with Crippen LogP contribution < -0.4 is 5.32 Å². The maximum atomic E-state index is 12.8. The van der Waals surface area contributed by atoms with Crippen molar-refractivity contribution in [3.63, 3.8) is 0 Å². The Bertz CT molecular complexity index is 406. The van der Waals surface area contributed by atoms with Crippen LogP contribution in [0.2, 0.25) is 0 Å². The number of carbonyl (C=O) groups excluding carboxylic acids is 1. The lowest BCUT2D eigenvalue weighted by atomic mass is 10.0. The van der Waals surface area contributed by atoms with Gasteiger partial charge in [-0.15, -0.1) is 0 Å². The van der Waals surface area contributed by atoms with E-state index >= 15 is 0 Å². The Balaban J connectivity index is 2.72. The summed E-state index contributed by atoms with van der Waals surface area (Å²) in [4.78, 5) is 15.7. The van der Waals surface area contributed by atoms with E-state index < -0.39 is 0 Å². The molecular weight excluding hydrogens is 247 g/mol. The zero-order valence-corrected chi connectivity index (χ0v) is 11.8. The topological polar surface area (TPSA) is 51.2 Å². The minimum absolute atomic E-state index is 0.150. The molecule has 1 heterocycles. The summed E-state index contributed by atoms with van der Waals surface area (Å²) in [7, 11) is 1.37. The van der Waals surface area contributed by atoms with Gasteiger partial charge in [0, 0.05) is 6.04 Å². The zero-order valence-electron chi connectivity index (χ0n) is 11.8. The monoisotopic (exact) mass is 268 g/mol. The van der Waals surface area contributed by atoms with E-state index in [4.69, 9.17) is 4.74 Å². The average Bonchev–Trinajstić information content (AvgIpc) is 2.37. The van der Waals surface area contributed by atoms with Gasteiger partial charge in [-0.1, -0.05) is 13.8 Å². The second-order valence-corrected chi connectivity index (χ2v) is 4.99. The average molecular weight is 268 g/mol. The van der Waals surface area contributed by atoms with E-state index in [1.54, 1.807) is 6.07 Å². The van der Waals surface area contributed by atoms with Crippen LogP contribution in [0.5, 0.6) is 0 Å². The Morgan fingerprint density at radius 1 is 1.42 bits per heavy atom. The largest absolute Gasteiger partial charge is 0.468 e. The summed E-state index contributed by atoms with van der Waals surface area (Å²) in [6, 6.07) is 2.43. The molecule has 0 aliphatic heterocycles. The van der Waals surface area contributed by atoms with Crippen LogP contribution in [0, 0.1) is 11.7 Å². The van der Waals surface area contributed by atoms with Gasteiger partial charge in [-0.25, -0.2) is 4.39 Å². The molecule has 2 unspecified atom stereocenters. The number of ether oxygens (including phenoxy) is 1. The number of hydrogen-bond donors (Lipinski definition) is 1. The molecule has 1 rings (SSSR count). The quantitative estimate of drug-likeness (QED) is 0.805. The SMILES string of the molecule is COC(=O)C(CC(C)C)NC(C)c1ccc(F)cn1. The number of hydrogen-bond acceptors (Lipinski definition) is 4. The molecule has 0 aliphatic carbocycles. The molecule has 1 aromatic heterocycles. The molecule has 1 aromatic rings. The number of methoxy groups -OCH3 is 1. The summed E-state index contributed by atoms with van der Waals surface area (Å²) < 4.78 is 17.6. The molecule has 1 N–H and O–H groups in total. The number of nitrogens with one attached hydrogen (secondary N) is 1. The third-order valence-corrected chi connectivity index (χ3v) is 2.84. The van der Waals surface area contributed by atoms with Gasteiger partial charge in [0.2, 0.25) is 0 Å². The maximum Gasteiger partial charge on any atom is 0.322 e. The minimum Gasteiger partial charge on any atom is -0.468 e. The molecule has 19 heavy (non-hydrogen) atoms. The van der Waals surface area contributed by atoms with Crippen LogP contribution in [0.1, 0.15) is 38.9 Å². The number of nitrogens with zero attached hydrogens (tertiary/aromatic N) is 1. The predicted molar refractivity (Wildman–Crippen MR) is 71.0 cm³/mol. The summed E-state index contributed by atoms with van der Waals surface area (Å²) in [6.07, 6.45) is 1.85. The van der Waals surface area contributed by atoms with Crippen molar-refractivity contribution in [3.8, 4) is 0 Å². The van der Waals surface area contributed by atoms with Crippen LogP contribution in [-0.2, 0) is 9.53 Å². The number of halogens is 1. The van der Waals surface area contributed by atoms with E-state index in [0.717, 1.165) is 0 Å². The molecule has 0 amide bonds. The van der Waals surface area contributed by atoms with Crippen LogP contribution in [0.3, 0.4) is 0 Å². The van der Waals surface area contributed by atoms with Crippen LogP contribution in [0.4, 0.5) is 4.39 Å². The summed E-state index contributed by atoms with van der Waals surface area (Å²) in [5, 5.41) is 3.18. The molecule has 4 nitrogen and oxygen atoms in total. The summed E-state index contributed by atoms with van der Waals surface area (Å²) in [5.41, 5.74) is 0.694. The molecule has 0 radical (unpaired) electrons. The van der Waals surface area contributed by atoms with Crippen molar-refractivity contribution in [2.45, 2.75) is 39.3 Å². The Kier molecular flexibility index (Phi) is 5.89. The van der Waals surface area contributed by atoms with Gasteiger partial charge in [-0.3, -0.25) is 15.1 Å². The van der Waals surface area contributed by atoms with Crippen molar-refractivity contribution in [1.82, 2.24) is 10.3 Å². The lowest BCUT2D eigenvalue weighted by Crippen LogP contribution is -2.40. The normalized spacial score (nSPS) is 14.2. The van der Waals surface area contributed by atoms with E-state index in [1.165, 1.54) is 19.4 Å². The predicted octanol–water partition coefficient (Wildman–Crippen LogP) is 2.46. The van der Waals surface area contributed by atoms with Gasteiger partial charge in [-0.2, -0.15) is 0 Å². The Labute approximate surface area is 113 Å². The van der Waals surface area contributed by atoms with E-state index in [9.17, 15) is 9.18 Å². The first-order valence-corrected chi connectivity index (χ1v) is 6.39. The van der Waals surface area contributed by atoms with Gasteiger partial charge in [-0.05, 0) is 31.4 Å². The molecule has 0 saturated heterocycles. The second-order valence-electron chi connectivity index (χ2n) is 4.99. The zero-order chi connectivity index (χ0) is 14.4. The van der Waals surface area contributed by atoms with Crippen molar-refractivity contribution in [1.29, 1.82) is 0 Å². The summed E-state index contributed by atoms with van der Waals surface area (Å²) in [6.45, 7) is 5.97. The van der Waals surface area contributed by atoms with Gasteiger partial charge in [0.15, 0.2) is 0 Å². The van der Waals surface area contributed by atoms with Crippen LogP contribution in [0.25, 0.3) is 0 Å². The van der Waals surface area contributed by atoms with E-state index in [0.29, 0.717) is 18.0 Å². The smallest absolute Gasteiger partial charge is 0.322 e. The van der Waals surface area contributed by atoms with Gasteiger partial charge in [0.05, 0.1) is 19.0 Å². The highest BCUT2D eigenvalue weighted by molar-refractivity contribution is 5.75. The molecule has 5 heteroatoms. The fourth-order valence-electron chi connectivity index (χ4n) is 1.88. The molecule has 0 bridgehead atoms. The van der Waals surface area contributed by atoms with Crippen molar-refractivity contribution in [3.05, 3.63) is 29.8 Å². The number of carbonyl (C=O) groups is 1. The third kappa shape index (κ3) is 4.95. The number of esters is 1. The fourth-order valence-corrected chi connectivity index (χ4v) is 1.88. The van der Waals surface area contributed by atoms with Crippen molar-refractivity contribution in [2.24, 2.45) is 5.92 Å². The maximum absolute atomic E-state index is 12.8. The lowest BCUT2D eigenvalue weighted by Gasteiger charge is -2.22. The Morgan fingerprint density at radius 2 is 2.11 bits per heavy atom. The van der Waals surface area contributed by atoms with Crippen LogP contribution in [0.15, 0.2) is 18.3 Å². The molecule has 0 fully saturated rings. The van der Waals surface area contributed by atoms with Crippen molar-refractivity contribution >= 4 is 5.97 Å². The highest BCUT2D eigenvalue weighted by atomic mass is 19.1. The first kappa shape index (κ1) is 15.6. The highest BCUT2D eigenvalue weighted by Crippen LogP contribution is 2.14. The Morgan fingerprint density at radius 3 is 2.58 bits per heavy atom. The fraction of sp³-hybridized carbons (Fsp3) is 0.571. The van der Waals surface area contributed by atoms with Crippen molar-refractivity contribution < 1.29 is 13.9 Å². The van der Waals surface area contributed by atoms with E-state index in [1.807, 2.05) is 20.8 Å². The van der Waals surface area contributed by atoms with Gasteiger partial charge in [0.1, 0.15) is 11.9 Å². The van der Waals surface area contributed by atoms with Crippen molar-refractivity contribution in [2.75, 3.05) is 7.11 Å². The Hall–Kier alpha value is -1.49. The minimum atomic E-state index is -0.383. The molecule has 0 spiro atoms. The van der Waals surface area contributed by atoms with Gasteiger partial charge >= 0.3 is 5.97 Å². The van der Waals surface area contributed by atoms with Crippen LogP contribution in [-0.4, -0.2) is 24.1 Å². The summed E-state index contributed by atoms with van der Waals surface area (Å²) in [5.74, 6) is -0.296. The van der Waals surface area contributed by atoms with Gasteiger partial charge < -0.3 is 4.74 Å². The number of aromatic nitrogens is 1. The third-order valence-electron chi connectivity index (χ3n) is 2.84. The molecule has 0 aromatic carbocycles. The standard InChI is InChI=1S/C14H21FN2O2/c1-9(2)7-13(14(18)19-4)17-10(3)12-6-5-11(15)8-16-12/h5-6,8-10,13,17H,7H2,1-4H3. The second kappa shape index (κ2) is 7.19. The molecule has 2 atom stereocenters. The molecule has 0 saturated carbocycles.